The zero-order valence-electron chi connectivity index (χ0n) is 17.2. The van der Waals surface area contributed by atoms with Crippen LogP contribution in [0.5, 0.6) is 0 Å². The van der Waals surface area contributed by atoms with Gasteiger partial charge in [-0.2, -0.15) is 0 Å². The number of amides is 3. The fourth-order valence-corrected chi connectivity index (χ4v) is 3.87. The van der Waals surface area contributed by atoms with Gasteiger partial charge in [-0.3, -0.25) is 4.79 Å². The van der Waals surface area contributed by atoms with Crippen LogP contribution in [0.1, 0.15) is 38.2 Å². The van der Waals surface area contributed by atoms with Gasteiger partial charge in [0.15, 0.2) is 0 Å². The quantitative estimate of drug-likeness (QED) is 0.697. The van der Waals surface area contributed by atoms with Crippen LogP contribution >= 0.6 is 11.6 Å². The van der Waals surface area contributed by atoms with Gasteiger partial charge in [-0.1, -0.05) is 49.7 Å². The van der Waals surface area contributed by atoms with Crippen LogP contribution in [0, 0.1) is 11.7 Å². The summed E-state index contributed by atoms with van der Waals surface area (Å²) < 4.78 is 13.8. The van der Waals surface area contributed by atoms with Gasteiger partial charge in [0.2, 0.25) is 5.91 Å². The average molecular weight is 432 g/mol. The maximum atomic E-state index is 13.8. The first kappa shape index (κ1) is 22.1. The number of carbonyl (C=O) groups is 2. The number of urea groups is 1. The molecule has 1 fully saturated rings. The van der Waals surface area contributed by atoms with E-state index in [2.05, 4.69) is 10.6 Å². The molecule has 7 heteroatoms. The lowest BCUT2D eigenvalue weighted by Crippen LogP contribution is -2.53. The van der Waals surface area contributed by atoms with E-state index < -0.39 is 17.9 Å². The van der Waals surface area contributed by atoms with Gasteiger partial charge in [0.25, 0.3) is 0 Å². The van der Waals surface area contributed by atoms with E-state index in [0.29, 0.717) is 24.0 Å². The zero-order chi connectivity index (χ0) is 21.7. The molecule has 0 bridgehead atoms. The number of piperidine rings is 1. The Morgan fingerprint density at radius 2 is 1.70 bits per heavy atom. The molecule has 0 aliphatic carbocycles. The zero-order valence-corrected chi connectivity index (χ0v) is 18.0. The standard InChI is InChI=1S/C23H27ClFN3O2/c1-15(2)21(27-23(30)26-20-6-4-3-5-19(20)25)22(29)28-13-11-17(12-14-28)16-7-9-18(24)10-8-16/h3-10,15,17,21H,11-14H2,1-2H3,(H2,26,27,30). The molecule has 3 rings (SSSR count). The maximum Gasteiger partial charge on any atom is 0.319 e. The normalized spacial score (nSPS) is 15.7. The minimum atomic E-state index is -0.677. The number of carbonyl (C=O) groups excluding carboxylic acids is 2. The first-order chi connectivity index (χ1) is 14.3. The molecule has 2 N–H and O–H groups in total. The predicted octanol–water partition coefficient (Wildman–Crippen LogP) is 5.03. The van der Waals surface area contributed by atoms with Crippen LogP contribution in [0.25, 0.3) is 0 Å². The number of anilines is 1. The Morgan fingerprint density at radius 1 is 1.07 bits per heavy atom. The summed E-state index contributed by atoms with van der Waals surface area (Å²) in [5, 5.41) is 5.91. The fraction of sp³-hybridized carbons (Fsp3) is 0.391. The van der Waals surface area contributed by atoms with Crippen molar-refractivity contribution in [1.29, 1.82) is 0 Å². The molecule has 5 nitrogen and oxygen atoms in total. The molecule has 1 heterocycles. The van der Waals surface area contributed by atoms with E-state index in [0.717, 1.165) is 12.8 Å². The fourth-order valence-electron chi connectivity index (χ4n) is 3.74. The van der Waals surface area contributed by atoms with Crippen LogP contribution < -0.4 is 10.6 Å². The van der Waals surface area contributed by atoms with E-state index in [1.165, 1.54) is 17.7 Å². The molecule has 1 unspecified atom stereocenters. The second kappa shape index (κ2) is 9.94. The highest BCUT2D eigenvalue weighted by Crippen LogP contribution is 2.29. The Bertz CT molecular complexity index is 880. The Morgan fingerprint density at radius 3 is 2.30 bits per heavy atom. The molecule has 0 saturated carbocycles. The molecular weight excluding hydrogens is 405 g/mol. The van der Waals surface area contributed by atoms with Gasteiger partial charge in [-0.05, 0) is 54.5 Å². The van der Waals surface area contributed by atoms with Gasteiger partial charge in [0, 0.05) is 18.1 Å². The Labute approximate surface area is 181 Å². The summed E-state index contributed by atoms with van der Waals surface area (Å²) in [6.07, 6.45) is 1.72. The van der Waals surface area contributed by atoms with Gasteiger partial charge in [-0.25, -0.2) is 9.18 Å². The third-order valence-electron chi connectivity index (χ3n) is 5.49. The van der Waals surface area contributed by atoms with Crippen molar-refractivity contribution in [3.8, 4) is 0 Å². The summed E-state index contributed by atoms with van der Waals surface area (Å²) in [7, 11) is 0. The molecule has 3 amide bonds. The van der Waals surface area contributed by atoms with Crippen molar-refractivity contribution >= 4 is 29.2 Å². The molecule has 1 aliphatic rings. The van der Waals surface area contributed by atoms with Gasteiger partial charge >= 0.3 is 6.03 Å². The molecule has 1 aliphatic heterocycles. The van der Waals surface area contributed by atoms with Crippen molar-refractivity contribution < 1.29 is 14.0 Å². The SMILES string of the molecule is CC(C)C(NC(=O)Nc1ccccc1F)C(=O)N1CCC(c2ccc(Cl)cc2)CC1. The number of likely N-dealkylation sites (tertiary alicyclic amines) is 1. The summed E-state index contributed by atoms with van der Waals surface area (Å²) in [4.78, 5) is 27.2. The molecule has 160 valence electrons. The van der Waals surface area contributed by atoms with Gasteiger partial charge in [0.1, 0.15) is 11.9 Å². The van der Waals surface area contributed by atoms with Crippen molar-refractivity contribution in [3.63, 3.8) is 0 Å². The van der Waals surface area contributed by atoms with Crippen LogP contribution in [-0.4, -0.2) is 36.0 Å². The van der Waals surface area contributed by atoms with Crippen molar-refractivity contribution in [3.05, 3.63) is 64.9 Å². The van der Waals surface area contributed by atoms with Gasteiger partial charge in [-0.15, -0.1) is 0 Å². The topological polar surface area (TPSA) is 61.4 Å². The lowest BCUT2D eigenvalue weighted by Gasteiger charge is -2.35. The maximum absolute atomic E-state index is 13.8. The third kappa shape index (κ3) is 5.51. The molecule has 1 atom stereocenters. The number of hydrogen-bond acceptors (Lipinski definition) is 2. The smallest absolute Gasteiger partial charge is 0.319 e. The number of halogens is 2. The molecule has 2 aromatic carbocycles. The highest BCUT2D eigenvalue weighted by molar-refractivity contribution is 6.30. The molecular formula is C23H27ClFN3O2. The molecule has 2 aromatic rings. The van der Waals surface area contributed by atoms with E-state index in [9.17, 15) is 14.0 Å². The van der Waals surface area contributed by atoms with Crippen LogP contribution in [-0.2, 0) is 4.79 Å². The number of nitrogens with one attached hydrogen (secondary N) is 2. The highest BCUT2D eigenvalue weighted by Gasteiger charge is 2.31. The lowest BCUT2D eigenvalue weighted by molar-refractivity contribution is -0.135. The van der Waals surface area contributed by atoms with Crippen LogP contribution in [0.4, 0.5) is 14.9 Å². The largest absolute Gasteiger partial charge is 0.341 e. The number of hydrogen-bond donors (Lipinski definition) is 2. The molecule has 0 spiro atoms. The van der Waals surface area contributed by atoms with Gasteiger partial charge in [0.05, 0.1) is 5.69 Å². The van der Waals surface area contributed by atoms with Crippen molar-refractivity contribution in [1.82, 2.24) is 10.2 Å². The van der Waals surface area contributed by atoms with Gasteiger partial charge < -0.3 is 15.5 Å². The number of rotatable bonds is 5. The number of nitrogens with zero attached hydrogens (tertiary/aromatic N) is 1. The second-order valence-corrected chi connectivity index (χ2v) is 8.39. The Kier molecular flexibility index (Phi) is 7.32. The summed E-state index contributed by atoms with van der Waals surface area (Å²) >= 11 is 5.97. The van der Waals surface area contributed by atoms with Crippen molar-refractivity contribution in [2.75, 3.05) is 18.4 Å². The first-order valence-electron chi connectivity index (χ1n) is 10.2. The number of benzene rings is 2. The van der Waals surface area contributed by atoms with Crippen LogP contribution in [0.15, 0.2) is 48.5 Å². The van der Waals surface area contributed by atoms with E-state index in [1.807, 2.05) is 38.1 Å². The third-order valence-corrected chi connectivity index (χ3v) is 5.74. The Hall–Kier alpha value is -2.60. The monoisotopic (exact) mass is 431 g/mol. The van der Waals surface area contributed by atoms with E-state index >= 15 is 0 Å². The van der Waals surface area contributed by atoms with Crippen molar-refractivity contribution in [2.24, 2.45) is 5.92 Å². The summed E-state index contributed by atoms with van der Waals surface area (Å²) in [6.45, 7) is 5.02. The second-order valence-electron chi connectivity index (χ2n) is 7.95. The van der Waals surface area contributed by atoms with Crippen LogP contribution in [0.2, 0.25) is 5.02 Å². The van der Waals surface area contributed by atoms with E-state index in [-0.39, 0.29) is 17.5 Å². The first-order valence-corrected chi connectivity index (χ1v) is 10.6. The predicted molar refractivity (Wildman–Crippen MR) is 117 cm³/mol. The lowest BCUT2D eigenvalue weighted by atomic mass is 9.89. The highest BCUT2D eigenvalue weighted by atomic mass is 35.5. The minimum Gasteiger partial charge on any atom is -0.341 e. The molecule has 0 radical (unpaired) electrons. The summed E-state index contributed by atoms with van der Waals surface area (Å²) in [6, 6.07) is 12.5. The van der Waals surface area contributed by atoms with Crippen LogP contribution in [0.3, 0.4) is 0 Å². The summed E-state index contributed by atoms with van der Waals surface area (Å²) in [5.41, 5.74) is 1.31. The Balaban J connectivity index is 1.58. The molecule has 30 heavy (non-hydrogen) atoms. The average Bonchev–Trinajstić information content (AvgIpc) is 2.74. The van der Waals surface area contributed by atoms with E-state index in [1.54, 1.807) is 17.0 Å². The minimum absolute atomic E-state index is 0.0775. The number of para-hydroxylation sites is 1. The van der Waals surface area contributed by atoms with Crippen molar-refractivity contribution in [2.45, 2.75) is 38.6 Å². The summed E-state index contributed by atoms with van der Waals surface area (Å²) in [5.74, 6) is -0.341. The van der Waals surface area contributed by atoms with E-state index in [4.69, 9.17) is 11.6 Å². The molecule has 0 aromatic heterocycles. The molecule has 1 saturated heterocycles.